The second kappa shape index (κ2) is 5.70. The number of likely N-dealkylation sites (tertiary alicyclic amines) is 1. The van der Waals surface area contributed by atoms with Crippen molar-refractivity contribution in [3.63, 3.8) is 0 Å². The van der Waals surface area contributed by atoms with Crippen molar-refractivity contribution >= 4 is 17.5 Å². The van der Waals surface area contributed by atoms with Gasteiger partial charge in [0.1, 0.15) is 0 Å². The maximum absolute atomic E-state index is 12.8. The summed E-state index contributed by atoms with van der Waals surface area (Å²) in [7, 11) is 0. The summed E-state index contributed by atoms with van der Waals surface area (Å²) in [4.78, 5) is 37.2. The summed E-state index contributed by atoms with van der Waals surface area (Å²) in [6, 6.07) is 7.31. The van der Waals surface area contributed by atoms with Gasteiger partial charge in [-0.3, -0.25) is 19.6 Å². The van der Waals surface area contributed by atoms with Gasteiger partial charge in [-0.2, -0.15) is 0 Å². The van der Waals surface area contributed by atoms with E-state index in [0.717, 1.165) is 17.8 Å². The van der Waals surface area contributed by atoms with E-state index in [1.807, 2.05) is 30.0 Å². The van der Waals surface area contributed by atoms with Gasteiger partial charge in [-0.15, -0.1) is 0 Å². The summed E-state index contributed by atoms with van der Waals surface area (Å²) in [5, 5.41) is 0. The first-order valence-corrected chi connectivity index (χ1v) is 8.11. The van der Waals surface area contributed by atoms with Crippen molar-refractivity contribution in [2.45, 2.75) is 31.8 Å². The zero-order chi connectivity index (χ0) is 16.7. The van der Waals surface area contributed by atoms with Crippen LogP contribution in [0.3, 0.4) is 0 Å². The highest BCUT2D eigenvalue weighted by atomic mass is 16.2. The van der Waals surface area contributed by atoms with Crippen molar-refractivity contribution < 1.29 is 9.59 Å². The molecule has 2 aliphatic heterocycles. The Hall–Kier alpha value is -2.76. The number of aromatic nitrogens is 2. The van der Waals surface area contributed by atoms with Crippen molar-refractivity contribution in [2.24, 2.45) is 0 Å². The third-order valence-corrected chi connectivity index (χ3v) is 4.84. The molecule has 122 valence electrons. The first-order chi connectivity index (χ1) is 11.6. The van der Waals surface area contributed by atoms with Gasteiger partial charge in [-0.1, -0.05) is 0 Å². The van der Waals surface area contributed by atoms with Crippen molar-refractivity contribution in [3.05, 3.63) is 54.1 Å². The molecule has 4 heterocycles. The van der Waals surface area contributed by atoms with Gasteiger partial charge in [0.05, 0.1) is 29.5 Å². The second-order valence-electron chi connectivity index (χ2n) is 6.29. The molecular formula is C18H18N4O2. The number of amides is 2. The summed E-state index contributed by atoms with van der Waals surface area (Å²) in [5.74, 6) is 0.00775. The molecule has 4 rings (SSSR count). The Bertz CT molecular complexity index is 775. The topological polar surface area (TPSA) is 66.4 Å². The number of nitrogens with zero attached hydrogens (tertiary/aromatic N) is 4. The fourth-order valence-corrected chi connectivity index (χ4v) is 3.69. The van der Waals surface area contributed by atoms with E-state index in [2.05, 4.69) is 9.97 Å². The summed E-state index contributed by atoms with van der Waals surface area (Å²) >= 11 is 0. The molecule has 2 aliphatic rings. The average Bonchev–Trinajstić information content (AvgIpc) is 3.13. The van der Waals surface area contributed by atoms with Gasteiger partial charge in [0.25, 0.3) is 5.91 Å². The molecule has 0 bridgehead atoms. The van der Waals surface area contributed by atoms with E-state index in [1.54, 1.807) is 29.6 Å². The third kappa shape index (κ3) is 2.35. The Morgan fingerprint density at radius 2 is 2.08 bits per heavy atom. The molecule has 2 aromatic rings. The monoisotopic (exact) mass is 322 g/mol. The molecule has 2 amide bonds. The maximum atomic E-state index is 12.8. The summed E-state index contributed by atoms with van der Waals surface area (Å²) in [6.07, 6.45) is 6.16. The van der Waals surface area contributed by atoms with Crippen molar-refractivity contribution in [1.82, 2.24) is 14.9 Å². The fourth-order valence-electron chi connectivity index (χ4n) is 3.69. The standard InChI is InChI=1S/C18H18N4O2/c1-12-4-5-13(10-20-12)18(24)21-8-6-15-16(21)9-17(23)22(15)14-3-2-7-19-11-14/h2-5,7,10-11,15-16H,6,8-9H2,1H3/t15-,16+/m1/s1. The quantitative estimate of drug-likeness (QED) is 0.846. The van der Waals surface area contributed by atoms with E-state index in [4.69, 9.17) is 0 Å². The zero-order valence-electron chi connectivity index (χ0n) is 13.4. The molecule has 2 aromatic heterocycles. The normalized spacial score (nSPS) is 22.8. The Kier molecular flexibility index (Phi) is 3.52. The van der Waals surface area contributed by atoms with Crippen LogP contribution in [0.1, 0.15) is 28.9 Å². The van der Waals surface area contributed by atoms with E-state index in [0.29, 0.717) is 18.5 Å². The molecule has 6 heteroatoms. The lowest BCUT2D eigenvalue weighted by atomic mass is 10.1. The number of pyridine rings is 2. The Balaban J connectivity index is 1.59. The van der Waals surface area contributed by atoms with E-state index in [-0.39, 0.29) is 23.9 Å². The molecule has 2 saturated heterocycles. The SMILES string of the molecule is Cc1ccc(C(=O)N2CC[C@@H]3[C@@H]2CC(=O)N3c2cccnc2)cn1. The van der Waals surface area contributed by atoms with Crippen molar-refractivity contribution in [3.8, 4) is 0 Å². The molecule has 0 spiro atoms. The molecular weight excluding hydrogens is 304 g/mol. The van der Waals surface area contributed by atoms with Gasteiger partial charge in [0, 0.05) is 31.1 Å². The second-order valence-corrected chi connectivity index (χ2v) is 6.29. The van der Waals surface area contributed by atoms with Crippen LogP contribution in [0.5, 0.6) is 0 Å². The first-order valence-electron chi connectivity index (χ1n) is 8.11. The van der Waals surface area contributed by atoms with Crippen LogP contribution in [0.15, 0.2) is 42.9 Å². The Morgan fingerprint density at radius 3 is 2.79 bits per heavy atom. The molecule has 0 aromatic carbocycles. The van der Waals surface area contributed by atoms with Gasteiger partial charge in [-0.05, 0) is 37.6 Å². The highest BCUT2D eigenvalue weighted by Crippen LogP contribution is 2.36. The van der Waals surface area contributed by atoms with Crippen LogP contribution in [-0.2, 0) is 4.79 Å². The van der Waals surface area contributed by atoms with Crippen LogP contribution in [0.2, 0.25) is 0 Å². The number of carbonyl (C=O) groups excluding carboxylic acids is 2. The lowest BCUT2D eigenvalue weighted by Gasteiger charge is -2.25. The number of anilines is 1. The van der Waals surface area contributed by atoms with Crippen LogP contribution in [0.4, 0.5) is 5.69 Å². The minimum atomic E-state index is -0.0773. The number of fused-ring (bicyclic) bond motifs is 1. The predicted molar refractivity (Wildman–Crippen MR) is 88.5 cm³/mol. The minimum Gasteiger partial charge on any atom is -0.333 e. The fraction of sp³-hybridized carbons (Fsp3) is 0.333. The van der Waals surface area contributed by atoms with E-state index >= 15 is 0 Å². The number of carbonyl (C=O) groups is 2. The number of aryl methyl sites for hydroxylation is 1. The molecule has 6 nitrogen and oxygen atoms in total. The maximum Gasteiger partial charge on any atom is 0.255 e. The lowest BCUT2D eigenvalue weighted by Crippen LogP contribution is -2.40. The van der Waals surface area contributed by atoms with Crippen LogP contribution in [0.25, 0.3) is 0 Å². The Morgan fingerprint density at radius 1 is 1.21 bits per heavy atom. The molecule has 0 N–H and O–H groups in total. The van der Waals surface area contributed by atoms with Crippen molar-refractivity contribution in [1.29, 1.82) is 0 Å². The zero-order valence-corrected chi connectivity index (χ0v) is 13.4. The third-order valence-electron chi connectivity index (χ3n) is 4.84. The highest BCUT2D eigenvalue weighted by molar-refractivity contribution is 6.00. The number of hydrogen-bond donors (Lipinski definition) is 0. The smallest absolute Gasteiger partial charge is 0.255 e. The largest absolute Gasteiger partial charge is 0.333 e. The minimum absolute atomic E-state index is 0.0315. The molecule has 2 atom stereocenters. The molecule has 0 saturated carbocycles. The first kappa shape index (κ1) is 14.8. The molecule has 0 radical (unpaired) electrons. The molecule has 0 unspecified atom stereocenters. The van der Waals surface area contributed by atoms with Crippen LogP contribution < -0.4 is 4.90 Å². The van der Waals surface area contributed by atoms with E-state index < -0.39 is 0 Å². The van der Waals surface area contributed by atoms with Gasteiger partial charge >= 0.3 is 0 Å². The average molecular weight is 322 g/mol. The van der Waals surface area contributed by atoms with Crippen LogP contribution >= 0.6 is 0 Å². The van der Waals surface area contributed by atoms with Gasteiger partial charge in [0.15, 0.2) is 0 Å². The number of hydrogen-bond acceptors (Lipinski definition) is 4. The van der Waals surface area contributed by atoms with Gasteiger partial charge in [0.2, 0.25) is 5.91 Å². The van der Waals surface area contributed by atoms with Crippen LogP contribution in [0, 0.1) is 6.92 Å². The summed E-state index contributed by atoms with van der Waals surface area (Å²) in [5.41, 5.74) is 2.26. The predicted octanol–water partition coefficient (Wildman–Crippen LogP) is 1.81. The Labute approximate surface area is 140 Å². The van der Waals surface area contributed by atoms with Crippen molar-refractivity contribution in [2.75, 3.05) is 11.4 Å². The molecule has 24 heavy (non-hydrogen) atoms. The molecule has 0 aliphatic carbocycles. The summed E-state index contributed by atoms with van der Waals surface area (Å²) in [6.45, 7) is 2.55. The lowest BCUT2D eigenvalue weighted by molar-refractivity contribution is -0.117. The number of rotatable bonds is 2. The van der Waals surface area contributed by atoms with Gasteiger partial charge in [-0.25, -0.2) is 0 Å². The summed E-state index contributed by atoms with van der Waals surface area (Å²) < 4.78 is 0. The molecule has 2 fully saturated rings. The van der Waals surface area contributed by atoms with E-state index in [9.17, 15) is 9.59 Å². The highest BCUT2D eigenvalue weighted by Gasteiger charge is 2.49. The van der Waals surface area contributed by atoms with Crippen LogP contribution in [-0.4, -0.2) is 45.3 Å². The van der Waals surface area contributed by atoms with E-state index in [1.165, 1.54) is 0 Å². The van der Waals surface area contributed by atoms with Gasteiger partial charge < -0.3 is 9.80 Å².